The summed E-state index contributed by atoms with van der Waals surface area (Å²) in [5.41, 5.74) is 5.68. The maximum Gasteiger partial charge on any atom is 0.323 e. The van der Waals surface area contributed by atoms with Gasteiger partial charge in [-0.2, -0.15) is 15.0 Å². The molecule has 1 heterocycles. The molecule has 0 aromatic carbocycles. The summed E-state index contributed by atoms with van der Waals surface area (Å²) in [6.07, 6.45) is 5.18. The Morgan fingerprint density at radius 3 is 2.55 bits per heavy atom. The highest BCUT2D eigenvalue weighted by molar-refractivity contribution is 5.32. The Morgan fingerprint density at radius 2 is 1.90 bits per heavy atom. The number of hydrogen-bond donors (Lipinski definition) is 2. The fraction of sp³-hybridized carbons (Fsp3) is 0.786. The maximum atomic E-state index is 5.68. The van der Waals surface area contributed by atoms with Gasteiger partial charge in [-0.15, -0.1) is 0 Å². The van der Waals surface area contributed by atoms with Crippen LogP contribution in [0.25, 0.3) is 0 Å². The van der Waals surface area contributed by atoms with Gasteiger partial charge < -0.3 is 15.8 Å². The molecule has 6 heteroatoms. The second-order valence-corrected chi connectivity index (χ2v) is 5.97. The van der Waals surface area contributed by atoms with Crippen LogP contribution in [0.15, 0.2) is 0 Å². The molecule has 1 aromatic rings. The van der Waals surface area contributed by atoms with Gasteiger partial charge in [-0.3, -0.25) is 0 Å². The van der Waals surface area contributed by atoms with Crippen LogP contribution in [0.3, 0.4) is 0 Å². The zero-order valence-corrected chi connectivity index (χ0v) is 12.6. The molecule has 0 bridgehead atoms. The number of rotatable bonds is 5. The van der Waals surface area contributed by atoms with Crippen molar-refractivity contribution in [2.75, 3.05) is 17.6 Å². The van der Waals surface area contributed by atoms with E-state index < -0.39 is 0 Å². The minimum atomic E-state index is 0.0180. The van der Waals surface area contributed by atoms with Crippen LogP contribution < -0.4 is 15.8 Å². The third-order valence-electron chi connectivity index (χ3n) is 3.66. The van der Waals surface area contributed by atoms with Crippen molar-refractivity contribution in [1.82, 2.24) is 15.0 Å². The zero-order valence-electron chi connectivity index (χ0n) is 12.6. The molecule has 112 valence electrons. The highest BCUT2D eigenvalue weighted by Crippen LogP contribution is 2.28. The highest BCUT2D eigenvalue weighted by atomic mass is 16.5. The third-order valence-corrected chi connectivity index (χ3v) is 3.66. The van der Waals surface area contributed by atoms with E-state index in [1.165, 1.54) is 25.7 Å². The van der Waals surface area contributed by atoms with Crippen molar-refractivity contribution in [2.45, 2.75) is 52.6 Å². The largest absolute Gasteiger partial charge is 0.461 e. The van der Waals surface area contributed by atoms with E-state index >= 15 is 0 Å². The Hall–Kier alpha value is -1.59. The van der Waals surface area contributed by atoms with Crippen LogP contribution in [-0.4, -0.2) is 27.6 Å². The lowest BCUT2D eigenvalue weighted by Crippen LogP contribution is -2.21. The van der Waals surface area contributed by atoms with Gasteiger partial charge in [-0.05, 0) is 38.5 Å². The van der Waals surface area contributed by atoms with Gasteiger partial charge >= 0.3 is 6.01 Å². The van der Waals surface area contributed by atoms with E-state index in [0.29, 0.717) is 11.9 Å². The van der Waals surface area contributed by atoms with Crippen LogP contribution in [-0.2, 0) is 0 Å². The molecule has 1 aromatic heterocycles. The predicted octanol–water partition coefficient (Wildman–Crippen LogP) is 2.48. The molecule has 6 nitrogen and oxygen atoms in total. The van der Waals surface area contributed by atoms with E-state index in [1.807, 2.05) is 13.8 Å². The molecule has 20 heavy (non-hydrogen) atoms. The molecule has 2 rings (SSSR count). The Kier molecular flexibility index (Phi) is 4.98. The standard InChI is InChI=1S/C14H25N5O/c1-9(2)20-14-18-12(15)17-13(19-14)16-8-11-6-4-10(3)5-7-11/h9-11H,4-8H2,1-3H3,(H3,15,16,17,18,19). The number of nitrogens with one attached hydrogen (secondary N) is 1. The van der Waals surface area contributed by atoms with Crippen molar-refractivity contribution >= 4 is 11.9 Å². The molecule has 0 atom stereocenters. The van der Waals surface area contributed by atoms with E-state index in [2.05, 4.69) is 27.2 Å². The van der Waals surface area contributed by atoms with E-state index in [4.69, 9.17) is 10.5 Å². The topological polar surface area (TPSA) is 86.0 Å². The van der Waals surface area contributed by atoms with Gasteiger partial charge in [-0.25, -0.2) is 0 Å². The van der Waals surface area contributed by atoms with Crippen LogP contribution in [0.2, 0.25) is 0 Å². The number of hydrogen-bond acceptors (Lipinski definition) is 6. The Bertz CT molecular complexity index is 430. The van der Waals surface area contributed by atoms with Crippen molar-refractivity contribution in [3.05, 3.63) is 0 Å². The molecule has 1 aliphatic rings. The summed E-state index contributed by atoms with van der Waals surface area (Å²) < 4.78 is 5.46. The Labute approximate surface area is 120 Å². The van der Waals surface area contributed by atoms with Crippen LogP contribution in [0.4, 0.5) is 11.9 Å². The average Bonchev–Trinajstić information content (AvgIpc) is 2.36. The summed E-state index contributed by atoms with van der Waals surface area (Å²) >= 11 is 0. The van der Waals surface area contributed by atoms with E-state index in [0.717, 1.165) is 12.5 Å². The van der Waals surface area contributed by atoms with Crippen LogP contribution in [0.5, 0.6) is 6.01 Å². The molecular weight excluding hydrogens is 254 g/mol. The predicted molar refractivity (Wildman–Crippen MR) is 79.6 cm³/mol. The van der Waals surface area contributed by atoms with Gasteiger partial charge in [0.15, 0.2) is 0 Å². The van der Waals surface area contributed by atoms with E-state index in [-0.39, 0.29) is 18.1 Å². The van der Waals surface area contributed by atoms with Gasteiger partial charge in [-0.1, -0.05) is 19.8 Å². The van der Waals surface area contributed by atoms with Crippen LogP contribution >= 0.6 is 0 Å². The number of aromatic nitrogens is 3. The van der Waals surface area contributed by atoms with Crippen molar-refractivity contribution in [3.8, 4) is 6.01 Å². The number of ether oxygens (including phenoxy) is 1. The number of nitrogens with zero attached hydrogens (tertiary/aromatic N) is 3. The smallest absolute Gasteiger partial charge is 0.323 e. The summed E-state index contributed by atoms with van der Waals surface area (Å²) in [5.74, 6) is 2.26. The molecule has 0 aliphatic heterocycles. The minimum Gasteiger partial charge on any atom is -0.461 e. The molecule has 0 unspecified atom stereocenters. The third kappa shape index (κ3) is 4.51. The molecule has 0 spiro atoms. The fourth-order valence-corrected chi connectivity index (χ4v) is 2.48. The van der Waals surface area contributed by atoms with Crippen molar-refractivity contribution in [3.63, 3.8) is 0 Å². The van der Waals surface area contributed by atoms with Gasteiger partial charge in [0, 0.05) is 6.54 Å². The van der Waals surface area contributed by atoms with Gasteiger partial charge in [0.25, 0.3) is 0 Å². The summed E-state index contributed by atoms with van der Waals surface area (Å²) in [4.78, 5) is 12.3. The molecule has 1 fully saturated rings. The SMILES string of the molecule is CC1CCC(CNc2nc(N)nc(OC(C)C)n2)CC1. The first-order valence-electron chi connectivity index (χ1n) is 7.45. The van der Waals surface area contributed by atoms with Gasteiger partial charge in [0.2, 0.25) is 11.9 Å². The quantitative estimate of drug-likeness (QED) is 0.861. The van der Waals surface area contributed by atoms with Crippen molar-refractivity contribution in [1.29, 1.82) is 0 Å². The second-order valence-electron chi connectivity index (χ2n) is 5.97. The van der Waals surface area contributed by atoms with Crippen LogP contribution in [0, 0.1) is 11.8 Å². The van der Waals surface area contributed by atoms with Crippen molar-refractivity contribution in [2.24, 2.45) is 11.8 Å². The lowest BCUT2D eigenvalue weighted by atomic mass is 9.83. The first-order chi connectivity index (χ1) is 9.52. The van der Waals surface area contributed by atoms with E-state index in [1.54, 1.807) is 0 Å². The average molecular weight is 279 g/mol. The first-order valence-corrected chi connectivity index (χ1v) is 7.45. The zero-order chi connectivity index (χ0) is 14.5. The lowest BCUT2D eigenvalue weighted by Gasteiger charge is -2.26. The summed E-state index contributed by atoms with van der Waals surface area (Å²) in [5, 5.41) is 3.26. The second kappa shape index (κ2) is 6.72. The number of nitrogens with two attached hydrogens (primary N) is 1. The molecule has 0 amide bonds. The molecule has 1 aliphatic carbocycles. The normalized spacial score (nSPS) is 22.8. The fourth-order valence-electron chi connectivity index (χ4n) is 2.48. The number of nitrogen functional groups attached to an aromatic ring is 1. The minimum absolute atomic E-state index is 0.0180. The molecule has 1 saturated carbocycles. The Morgan fingerprint density at radius 1 is 1.20 bits per heavy atom. The van der Waals surface area contributed by atoms with Crippen molar-refractivity contribution < 1.29 is 4.74 Å². The molecule has 0 saturated heterocycles. The summed E-state index contributed by atoms with van der Waals surface area (Å²) in [6, 6.07) is 0.285. The summed E-state index contributed by atoms with van der Waals surface area (Å²) in [7, 11) is 0. The van der Waals surface area contributed by atoms with E-state index in [9.17, 15) is 0 Å². The lowest BCUT2D eigenvalue weighted by molar-refractivity contribution is 0.222. The summed E-state index contributed by atoms with van der Waals surface area (Å²) in [6.45, 7) is 7.07. The van der Waals surface area contributed by atoms with Gasteiger partial charge in [0.05, 0.1) is 6.10 Å². The number of anilines is 2. The first kappa shape index (κ1) is 14.8. The Balaban J connectivity index is 1.90. The maximum absolute atomic E-state index is 5.68. The molecular formula is C14H25N5O. The monoisotopic (exact) mass is 279 g/mol. The highest BCUT2D eigenvalue weighted by Gasteiger charge is 2.18. The molecule has 3 N–H and O–H groups in total. The van der Waals surface area contributed by atoms with Crippen LogP contribution in [0.1, 0.15) is 46.5 Å². The molecule has 0 radical (unpaired) electrons. The van der Waals surface area contributed by atoms with Gasteiger partial charge in [0.1, 0.15) is 0 Å².